The third-order valence-corrected chi connectivity index (χ3v) is 2.35. The highest BCUT2D eigenvalue weighted by atomic mass is 32.1. The molecule has 1 rings (SSSR count). The number of nitrogens with one attached hydrogen (secondary N) is 1. The third-order valence-electron chi connectivity index (χ3n) is 1.54. The van der Waals surface area contributed by atoms with Crippen LogP contribution in [0.5, 0.6) is 0 Å². The van der Waals surface area contributed by atoms with E-state index in [1.54, 1.807) is 6.92 Å². The van der Waals surface area contributed by atoms with Crippen molar-refractivity contribution < 1.29 is 9.53 Å². The number of ether oxygens (including phenoxy) is 1. The quantitative estimate of drug-likeness (QED) is 0.741. The van der Waals surface area contributed by atoms with Crippen LogP contribution in [0, 0.1) is 0 Å². The summed E-state index contributed by atoms with van der Waals surface area (Å²) in [5, 5.41) is 3.68. The predicted molar refractivity (Wildman–Crippen MR) is 56.6 cm³/mol. The van der Waals surface area contributed by atoms with E-state index in [4.69, 9.17) is 10.5 Å². The Balaban J connectivity index is 2.92. The Kier molecular flexibility index (Phi) is 3.70. The van der Waals surface area contributed by atoms with Crippen molar-refractivity contribution in [3.8, 4) is 0 Å². The minimum absolute atomic E-state index is 0.226. The van der Waals surface area contributed by atoms with Gasteiger partial charge in [0.15, 0.2) is 5.82 Å². The zero-order chi connectivity index (χ0) is 10.6. The first-order valence-electron chi connectivity index (χ1n) is 4.36. The maximum absolute atomic E-state index is 11.4. The van der Waals surface area contributed by atoms with Crippen molar-refractivity contribution in [3.63, 3.8) is 0 Å². The summed E-state index contributed by atoms with van der Waals surface area (Å²) in [6.45, 7) is 4.74. The number of carbonyl (C=O) groups excluding carboxylic acids is 1. The van der Waals surface area contributed by atoms with Crippen molar-refractivity contribution in [2.45, 2.75) is 13.8 Å². The molecule has 0 bridgehead atoms. The number of rotatable bonds is 4. The third kappa shape index (κ3) is 2.14. The van der Waals surface area contributed by atoms with Gasteiger partial charge >= 0.3 is 5.97 Å². The van der Waals surface area contributed by atoms with Gasteiger partial charge in [-0.05, 0) is 25.4 Å². The lowest BCUT2D eigenvalue weighted by Crippen LogP contribution is -2.09. The predicted octanol–water partition coefficient (Wildman–Crippen LogP) is 1.33. The molecular formula is C8H13N3O2S. The molecule has 0 fully saturated rings. The van der Waals surface area contributed by atoms with Crippen LogP contribution in [0.3, 0.4) is 0 Å². The maximum atomic E-state index is 11.4. The number of aromatic nitrogens is 1. The van der Waals surface area contributed by atoms with Crippen molar-refractivity contribution in [1.82, 2.24) is 4.37 Å². The molecule has 1 heterocycles. The molecule has 0 aliphatic heterocycles. The van der Waals surface area contributed by atoms with Gasteiger partial charge in [0.2, 0.25) is 0 Å². The molecule has 0 aliphatic carbocycles. The van der Waals surface area contributed by atoms with Crippen LogP contribution >= 0.6 is 11.5 Å². The number of carbonyl (C=O) groups is 1. The van der Waals surface area contributed by atoms with Gasteiger partial charge in [0.25, 0.3) is 0 Å². The van der Waals surface area contributed by atoms with Gasteiger partial charge in [0.05, 0.1) is 6.61 Å². The van der Waals surface area contributed by atoms with Crippen LogP contribution in [0.2, 0.25) is 0 Å². The summed E-state index contributed by atoms with van der Waals surface area (Å²) < 4.78 is 8.76. The average molecular weight is 215 g/mol. The summed E-state index contributed by atoms with van der Waals surface area (Å²) in [5.74, 6) is -0.195. The first-order valence-corrected chi connectivity index (χ1v) is 5.14. The Morgan fingerprint density at radius 3 is 2.93 bits per heavy atom. The zero-order valence-corrected chi connectivity index (χ0v) is 8.98. The second-order valence-electron chi connectivity index (χ2n) is 2.52. The SMILES string of the molecule is CCNc1snc(N)c1C(=O)OCC. The number of esters is 1. The van der Waals surface area contributed by atoms with Crippen LogP contribution in [0.1, 0.15) is 24.2 Å². The van der Waals surface area contributed by atoms with Crippen molar-refractivity contribution in [1.29, 1.82) is 0 Å². The number of hydrogen-bond donors (Lipinski definition) is 2. The summed E-state index contributed by atoms with van der Waals surface area (Å²) in [7, 11) is 0. The Hall–Kier alpha value is -1.30. The van der Waals surface area contributed by atoms with E-state index in [1.165, 1.54) is 11.5 Å². The number of nitrogen functional groups attached to an aromatic ring is 1. The number of anilines is 2. The lowest BCUT2D eigenvalue weighted by Gasteiger charge is -2.03. The van der Waals surface area contributed by atoms with Crippen LogP contribution in [-0.2, 0) is 4.74 Å². The maximum Gasteiger partial charge on any atom is 0.344 e. The molecule has 3 N–H and O–H groups in total. The van der Waals surface area contributed by atoms with Crippen molar-refractivity contribution in [2.75, 3.05) is 24.2 Å². The molecule has 0 aromatic carbocycles. The van der Waals surface area contributed by atoms with Gasteiger partial charge in [-0.15, -0.1) is 0 Å². The Bertz CT molecular complexity index is 324. The van der Waals surface area contributed by atoms with Crippen molar-refractivity contribution in [2.24, 2.45) is 0 Å². The molecule has 5 nitrogen and oxygen atoms in total. The van der Waals surface area contributed by atoms with Gasteiger partial charge in [-0.2, -0.15) is 4.37 Å². The van der Waals surface area contributed by atoms with Gasteiger partial charge in [-0.3, -0.25) is 0 Å². The Morgan fingerprint density at radius 2 is 2.36 bits per heavy atom. The first-order chi connectivity index (χ1) is 6.70. The fourth-order valence-corrected chi connectivity index (χ4v) is 1.75. The number of nitrogens with two attached hydrogens (primary N) is 1. The van der Waals surface area contributed by atoms with E-state index in [9.17, 15) is 4.79 Å². The summed E-state index contributed by atoms with van der Waals surface area (Å²) in [4.78, 5) is 11.4. The lowest BCUT2D eigenvalue weighted by molar-refractivity contribution is 0.0529. The molecule has 1 aromatic heterocycles. The molecule has 0 aliphatic rings. The van der Waals surface area contributed by atoms with Gasteiger partial charge in [-0.25, -0.2) is 4.79 Å². The number of nitrogens with zero attached hydrogens (tertiary/aromatic N) is 1. The van der Waals surface area contributed by atoms with Gasteiger partial charge in [-0.1, -0.05) is 0 Å². The van der Waals surface area contributed by atoms with Gasteiger partial charge in [0.1, 0.15) is 10.6 Å². The fraction of sp³-hybridized carbons (Fsp3) is 0.500. The molecular weight excluding hydrogens is 202 g/mol. The summed E-state index contributed by atoms with van der Waals surface area (Å²) >= 11 is 1.17. The Labute approximate surface area is 86.4 Å². The van der Waals surface area contributed by atoms with E-state index in [1.807, 2.05) is 6.92 Å². The van der Waals surface area contributed by atoms with Crippen LogP contribution in [0.4, 0.5) is 10.8 Å². The summed E-state index contributed by atoms with van der Waals surface area (Å²) in [5.41, 5.74) is 5.91. The summed E-state index contributed by atoms with van der Waals surface area (Å²) in [6, 6.07) is 0. The number of hydrogen-bond acceptors (Lipinski definition) is 6. The molecule has 0 spiro atoms. The van der Waals surface area contributed by atoms with E-state index >= 15 is 0 Å². The topological polar surface area (TPSA) is 77.2 Å². The van der Waals surface area contributed by atoms with Crippen LogP contribution in [-0.4, -0.2) is 23.5 Å². The molecule has 0 amide bonds. The average Bonchev–Trinajstić information content (AvgIpc) is 2.48. The highest BCUT2D eigenvalue weighted by Gasteiger charge is 2.19. The van der Waals surface area contributed by atoms with Crippen molar-refractivity contribution in [3.05, 3.63) is 5.56 Å². The van der Waals surface area contributed by atoms with Gasteiger partial charge in [0, 0.05) is 6.54 Å². The normalized spacial score (nSPS) is 9.86. The van der Waals surface area contributed by atoms with E-state index in [2.05, 4.69) is 9.69 Å². The van der Waals surface area contributed by atoms with Crippen LogP contribution in [0.25, 0.3) is 0 Å². The Morgan fingerprint density at radius 1 is 1.64 bits per heavy atom. The second-order valence-corrected chi connectivity index (χ2v) is 3.30. The highest BCUT2D eigenvalue weighted by molar-refractivity contribution is 7.11. The monoisotopic (exact) mass is 215 g/mol. The molecule has 78 valence electrons. The molecule has 0 unspecified atom stereocenters. The molecule has 0 saturated heterocycles. The largest absolute Gasteiger partial charge is 0.462 e. The highest BCUT2D eigenvalue weighted by Crippen LogP contribution is 2.27. The smallest absolute Gasteiger partial charge is 0.344 e. The summed E-state index contributed by atoms with van der Waals surface area (Å²) in [6.07, 6.45) is 0. The van der Waals surface area contributed by atoms with Crippen LogP contribution < -0.4 is 11.1 Å². The van der Waals surface area contributed by atoms with E-state index in [-0.39, 0.29) is 5.82 Å². The lowest BCUT2D eigenvalue weighted by atomic mass is 10.3. The minimum atomic E-state index is -0.422. The molecule has 14 heavy (non-hydrogen) atoms. The van der Waals surface area contributed by atoms with Crippen molar-refractivity contribution >= 4 is 28.3 Å². The molecule has 0 radical (unpaired) electrons. The molecule has 0 saturated carbocycles. The second kappa shape index (κ2) is 4.80. The molecule has 0 atom stereocenters. The molecule has 1 aromatic rings. The van der Waals surface area contributed by atoms with Crippen LogP contribution in [0.15, 0.2) is 0 Å². The van der Waals surface area contributed by atoms with Gasteiger partial charge < -0.3 is 15.8 Å². The van der Waals surface area contributed by atoms with E-state index in [0.717, 1.165) is 0 Å². The zero-order valence-electron chi connectivity index (χ0n) is 8.16. The first kappa shape index (κ1) is 10.8. The standard InChI is InChI=1S/C8H13N3O2S/c1-3-10-7-5(6(9)11-14-7)8(12)13-4-2/h10H,3-4H2,1-2H3,(H2,9,11). The van der Waals surface area contributed by atoms with E-state index < -0.39 is 5.97 Å². The molecule has 6 heteroatoms. The fourth-order valence-electron chi connectivity index (χ4n) is 0.984. The van der Waals surface area contributed by atoms with E-state index in [0.29, 0.717) is 23.7 Å². The minimum Gasteiger partial charge on any atom is -0.462 e.